The molecule has 0 spiro atoms. The van der Waals surface area contributed by atoms with E-state index in [0.29, 0.717) is 43.8 Å². The number of hydrogen-bond acceptors (Lipinski definition) is 8. The van der Waals surface area contributed by atoms with Crippen molar-refractivity contribution in [1.29, 1.82) is 0 Å². The van der Waals surface area contributed by atoms with E-state index in [4.69, 9.17) is 16.2 Å². The summed E-state index contributed by atoms with van der Waals surface area (Å²) in [4.78, 5) is 34.3. The number of hydrogen-bond donors (Lipinski definition) is 4. The van der Waals surface area contributed by atoms with Gasteiger partial charge in [-0.3, -0.25) is 4.79 Å². The maximum Gasteiger partial charge on any atom is 0.323 e. The Morgan fingerprint density at radius 3 is 2.61 bits per heavy atom. The van der Waals surface area contributed by atoms with Crippen LogP contribution in [0, 0.1) is 0 Å². The van der Waals surface area contributed by atoms with Gasteiger partial charge in [-0.2, -0.15) is 0 Å². The molecule has 168 valence electrons. The average Bonchev–Trinajstić information content (AvgIpc) is 3.15. The molecule has 4 rings (SSSR count). The number of carbonyl (C=O) groups excluding carboxylic acids is 2. The number of urea groups is 1. The molecule has 2 aromatic carbocycles. The largest absolute Gasteiger partial charge is 0.495 e. The van der Waals surface area contributed by atoms with Gasteiger partial charge in [0.1, 0.15) is 15.5 Å². The molecular weight excluding hydrogens is 460 g/mol. The Hall–Kier alpha value is -3.83. The molecule has 3 amide bonds. The summed E-state index contributed by atoms with van der Waals surface area (Å²) in [6.07, 6.45) is 1.86. The molecule has 6 N–H and O–H groups in total. The number of primary amides is 1. The van der Waals surface area contributed by atoms with Gasteiger partial charge in [0, 0.05) is 11.3 Å². The van der Waals surface area contributed by atoms with Crippen LogP contribution in [0.1, 0.15) is 9.67 Å². The highest BCUT2D eigenvalue weighted by Crippen LogP contribution is 2.39. The molecule has 0 aliphatic carbocycles. The van der Waals surface area contributed by atoms with Gasteiger partial charge in [0.2, 0.25) is 0 Å². The Morgan fingerprint density at radius 2 is 1.88 bits per heavy atom. The third kappa shape index (κ3) is 4.54. The van der Waals surface area contributed by atoms with Gasteiger partial charge in [0.15, 0.2) is 5.16 Å². The Balaban J connectivity index is 1.69. The lowest BCUT2D eigenvalue weighted by molar-refractivity contribution is 0.100. The zero-order valence-corrected chi connectivity index (χ0v) is 19.3. The van der Waals surface area contributed by atoms with Gasteiger partial charge < -0.3 is 26.8 Å². The second kappa shape index (κ2) is 9.35. The Bertz CT molecular complexity index is 1370. The van der Waals surface area contributed by atoms with Crippen molar-refractivity contribution >= 4 is 62.3 Å². The maximum atomic E-state index is 12.6. The summed E-state index contributed by atoms with van der Waals surface area (Å²) in [5.74, 6) is -0.0665. The van der Waals surface area contributed by atoms with Crippen molar-refractivity contribution in [2.75, 3.05) is 29.7 Å². The second-order valence-corrected chi connectivity index (χ2v) is 8.58. The Kier molecular flexibility index (Phi) is 6.33. The third-order valence-electron chi connectivity index (χ3n) is 4.72. The molecule has 0 saturated heterocycles. The minimum atomic E-state index is -0.615. The molecular formula is C22H20N6O3S2. The van der Waals surface area contributed by atoms with Crippen LogP contribution in [0.2, 0.25) is 0 Å². The Labute approximate surface area is 197 Å². The number of fused-ring (bicyclic) bond motifs is 1. The van der Waals surface area contributed by atoms with E-state index in [-0.39, 0.29) is 10.6 Å². The van der Waals surface area contributed by atoms with Crippen LogP contribution in [-0.4, -0.2) is 35.3 Å². The first-order chi connectivity index (χ1) is 15.9. The van der Waals surface area contributed by atoms with Gasteiger partial charge in [-0.1, -0.05) is 36.0 Å². The van der Waals surface area contributed by atoms with Gasteiger partial charge in [-0.15, -0.1) is 11.3 Å². The van der Waals surface area contributed by atoms with Crippen molar-refractivity contribution in [3.8, 4) is 17.0 Å². The van der Waals surface area contributed by atoms with E-state index in [2.05, 4.69) is 20.6 Å². The molecule has 33 heavy (non-hydrogen) atoms. The Morgan fingerprint density at radius 1 is 1.09 bits per heavy atom. The fraction of sp³-hybridized carbons (Fsp3) is 0.0909. The molecule has 0 radical (unpaired) electrons. The fourth-order valence-electron chi connectivity index (χ4n) is 3.26. The van der Waals surface area contributed by atoms with Gasteiger partial charge in [0.25, 0.3) is 5.91 Å². The zero-order valence-electron chi connectivity index (χ0n) is 17.7. The van der Waals surface area contributed by atoms with Gasteiger partial charge in [-0.25, -0.2) is 14.8 Å². The average molecular weight is 481 g/mol. The number of carbonyl (C=O) groups is 2. The van der Waals surface area contributed by atoms with Crippen LogP contribution in [0.5, 0.6) is 5.75 Å². The first-order valence-corrected chi connectivity index (χ1v) is 11.7. The lowest BCUT2D eigenvalue weighted by Crippen LogP contribution is -2.19. The number of anilines is 3. The van der Waals surface area contributed by atoms with E-state index in [1.807, 2.05) is 18.4 Å². The molecule has 2 aromatic heterocycles. The number of nitrogens with two attached hydrogens (primary N) is 2. The van der Waals surface area contributed by atoms with E-state index in [9.17, 15) is 9.59 Å². The monoisotopic (exact) mass is 480 g/mol. The molecule has 0 unspecified atom stereocenters. The highest BCUT2D eigenvalue weighted by atomic mass is 32.2. The second-order valence-electron chi connectivity index (χ2n) is 6.81. The van der Waals surface area contributed by atoms with Crippen molar-refractivity contribution < 1.29 is 14.3 Å². The lowest BCUT2D eigenvalue weighted by atomic mass is 10.1. The smallest absolute Gasteiger partial charge is 0.323 e. The van der Waals surface area contributed by atoms with Crippen LogP contribution in [0.3, 0.4) is 0 Å². The number of ether oxygens (including phenoxy) is 1. The number of amides is 3. The number of nitrogen functional groups attached to an aromatic ring is 1. The number of aromatic nitrogens is 2. The molecule has 0 aliphatic rings. The highest BCUT2D eigenvalue weighted by molar-refractivity contribution is 7.98. The number of thioether (sulfide) groups is 1. The first-order valence-electron chi connectivity index (χ1n) is 9.66. The third-order valence-corrected chi connectivity index (χ3v) is 6.39. The van der Waals surface area contributed by atoms with Crippen LogP contribution in [0.15, 0.2) is 53.7 Å². The maximum absolute atomic E-state index is 12.6. The number of rotatable bonds is 6. The normalized spacial score (nSPS) is 10.7. The van der Waals surface area contributed by atoms with E-state index >= 15 is 0 Å². The summed E-state index contributed by atoms with van der Waals surface area (Å²) in [6.45, 7) is 0. The minimum Gasteiger partial charge on any atom is -0.495 e. The summed E-state index contributed by atoms with van der Waals surface area (Å²) in [7, 11) is 1.53. The number of nitrogens with one attached hydrogen (secondary N) is 2. The van der Waals surface area contributed by atoms with E-state index in [1.54, 1.807) is 36.4 Å². The van der Waals surface area contributed by atoms with Crippen LogP contribution in [0.4, 0.5) is 21.9 Å². The predicted molar refractivity (Wildman–Crippen MR) is 133 cm³/mol. The van der Waals surface area contributed by atoms with Crippen molar-refractivity contribution in [2.45, 2.75) is 5.16 Å². The van der Waals surface area contributed by atoms with Crippen molar-refractivity contribution in [3.05, 3.63) is 53.4 Å². The highest BCUT2D eigenvalue weighted by Gasteiger charge is 2.21. The van der Waals surface area contributed by atoms with Gasteiger partial charge in [0.05, 0.1) is 29.6 Å². The number of thiophene rings is 1. The molecule has 4 aromatic rings. The zero-order chi connectivity index (χ0) is 23.5. The fourth-order valence-corrected chi connectivity index (χ4v) is 4.63. The molecule has 2 heterocycles. The quantitative estimate of drug-likeness (QED) is 0.236. The lowest BCUT2D eigenvalue weighted by Gasteiger charge is -2.12. The van der Waals surface area contributed by atoms with Crippen LogP contribution in [-0.2, 0) is 0 Å². The molecule has 0 bridgehead atoms. The number of benzene rings is 2. The standard InChI is InChI=1S/C22H20N6O3S2/c1-31-14-9-4-3-8-13(14)26-21(30)25-12-7-5-6-11(10-12)17-15-16(23)18(19(24)29)33-20(15)28-22(27-17)32-2/h3-10H,23H2,1-2H3,(H2,24,29)(H2,25,26,30). The minimum absolute atomic E-state index is 0.240. The molecule has 9 nitrogen and oxygen atoms in total. The summed E-state index contributed by atoms with van der Waals surface area (Å²) in [6, 6.07) is 13.8. The molecule has 0 saturated carbocycles. The molecule has 11 heteroatoms. The van der Waals surface area contributed by atoms with E-state index < -0.39 is 11.9 Å². The van der Waals surface area contributed by atoms with E-state index in [0.717, 1.165) is 11.3 Å². The van der Waals surface area contributed by atoms with Crippen LogP contribution >= 0.6 is 23.1 Å². The topological polar surface area (TPSA) is 145 Å². The van der Waals surface area contributed by atoms with Crippen molar-refractivity contribution in [3.63, 3.8) is 0 Å². The first kappa shape index (κ1) is 22.4. The SMILES string of the molecule is COc1ccccc1NC(=O)Nc1cccc(-c2nc(SC)nc3sc(C(N)=O)c(N)c23)c1. The van der Waals surface area contributed by atoms with Crippen LogP contribution < -0.4 is 26.8 Å². The summed E-state index contributed by atoms with van der Waals surface area (Å²) in [5.41, 5.74) is 14.3. The van der Waals surface area contributed by atoms with Gasteiger partial charge >= 0.3 is 6.03 Å². The molecule has 0 fully saturated rings. The number of para-hydroxylation sites is 2. The number of nitrogens with zero attached hydrogens (tertiary/aromatic N) is 2. The summed E-state index contributed by atoms with van der Waals surface area (Å²) >= 11 is 2.51. The predicted octanol–water partition coefficient (Wildman–Crippen LogP) is 4.41. The van der Waals surface area contributed by atoms with Crippen molar-refractivity contribution in [1.82, 2.24) is 9.97 Å². The molecule has 0 aliphatic heterocycles. The molecule has 0 atom stereocenters. The van der Waals surface area contributed by atoms with Gasteiger partial charge in [-0.05, 0) is 30.5 Å². The van der Waals surface area contributed by atoms with Crippen molar-refractivity contribution in [2.24, 2.45) is 5.73 Å². The van der Waals surface area contributed by atoms with E-state index in [1.165, 1.54) is 18.9 Å². The summed E-state index contributed by atoms with van der Waals surface area (Å²) < 4.78 is 5.26. The number of methoxy groups -OCH3 is 1. The van der Waals surface area contributed by atoms with Crippen LogP contribution in [0.25, 0.3) is 21.5 Å². The summed E-state index contributed by atoms with van der Waals surface area (Å²) in [5, 5.41) is 6.67.